The quantitative estimate of drug-likeness (QED) is 0.592. The first kappa shape index (κ1) is 21.2. The highest BCUT2D eigenvalue weighted by atomic mass is 19.4. The first-order valence-corrected chi connectivity index (χ1v) is 10.7. The summed E-state index contributed by atoms with van der Waals surface area (Å²) in [6.45, 7) is 8.12. The SMILES string of the molecule is CC(C)N1CCC2(C)CC(Oc3ccc(-c4ccc(C(F)(F)F)cn4)cc3)CCC12. The van der Waals surface area contributed by atoms with Crippen molar-refractivity contribution in [3.63, 3.8) is 0 Å². The van der Waals surface area contributed by atoms with E-state index >= 15 is 0 Å². The van der Waals surface area contributed by atoms with Crippen molar-refractivity contribution < 1.29 is 17.9 Å². The van der Waals surface area contributed by atoms with Gasteiger partial charge >= 0.3 is 6.18 Å². The van der Waals surface area contributed by atoms with Crippen molar-refractivity contribution in [3.8, 4) is 17.0 Å². The highest BCUT2D eigenvalue weighted by molar-refractivity contribution is 5.60. The van der Waals surface area contributed by atoms with Crippen molar-refractivity contribution in [3.05, 3.63) is 48.2 Å². The van der Waals surface area contributed by atoms with Crippen LogP contribution in [0.15, 0.2) is 42.6 Å². The van der Waals surface area contributed by atoms with Gasteiger partial charge < -0.3 is 4.74 Å². The topological polar surface area (TPSA) is 25.4 Å². The van der Waals surface area contributed by atoms with Gasteiger partial charge in [0, 0.05) is 23.8 Å². The standard InChI is InChI=1S/C24H29F3N2O/c1-16(2)29-13-12-23(3)14-20(9-11-22(23)29)30-19-7-4-17(5-8-19)21-10-6-18(15-28-21)24(25,26)27/h4-8,10,15-16,20,22H,9,11-14H2,1-3H3. The van der Waals surface area contributed by atoms with E-state index in [1.807, 2.05) is 24.3 Å². The van der Waals surface area contributed by atoms with E-state index in [1.165, 1.54) is 19.0 Å². The molecule has 0 N–H and O–H groups in total. The van der Waals surface area contributed by atoms with Gasteiger partial charge in [-0.25, -0.2) is 0 Å². The monoisotopic (exact) mass is 418 g/mol. The molecule has 3 atom stereocenters. The highest BCUT2D eigenvalue weighted by Crippen LogP contribution is 2.48. The van der Waals surface area contributed by atoms with E-state index in [9.17, 15) is 13.2 Å². The van der Waals surface area contributed by atoms with Gasteiger partial charge in [0.15, 0.2) is 0 Å². The number of halogens is 3. The lowest BCUT2D eigenvalue weighted by Crippen LogP contribution is -2.47. The fraction of sp³-hybridized carbons (Fsp3) is 0.542. The zero-order chi connectivity index (χ0) is 21.5. The summed E-state index contributed by atoms with van der Waals surface area (Å²) in [5.41, 5.74) is 0.854. The first-order valence-electron chi connectivity index (χ1n) is 10.7. The Balaban J connectivity index is 1.40. The number of ether oxygens (including phenoxy) is 1. The second kappa shape index (κ2) is 7.88. The molecule has 2 heterocycles. The van der Waals surface area contributed by atoms with Gasteiger partial charge in [-0.05, 0) is 87.9 Å². The molecule has 1 saturated carbocycles. The molecule has 0 spiro atoms. The summed E-state index contributed by atoms with van der Waals surface area (Å²) in [5.74, 6) is 0.802. The average Bonchev–Trinajstić information content (AvgIpc) is 3.05. The number of nitrogens with zero attached hydrogens (tertiary/aromatic N) is 2. The number of rotatable bonds is 4. The van der Waals surface area contributed by atoms with E-state index < -0.39 is 11.7 Å². The van der Waals surface area contributed by atoms with Crippen LogP contribution in [0.3, 0.4) is 0 Å². The molecule has 3 nitrogen and oxygen atoms in total. The highest BCUT2D eigenvalue weighted by Gasteiger charge is 2.48. The van der Waals surface area contributed by atoms with E-state index in [4.69, 9.17) is 4.74 Å². The summed E-state index contributed by atoms with van der Waals surface area (Å²) in [6.07, 6.45) is 1.19. The van der Waals surface area contributed by atoms with Gasteiger partial charge in [-0.1, -0.05) is 6.92 Å². The van der Waals surface area contributed by atoms with Gasteiger partial charge in [-0.3, -0.25) is 9.88 Å². The number of benzene rings is 1. The molecule has 4 rings (SSSR count). The van der Waals surface area contributed by atoms with Crippen molar-refractivity contribution in [2.45, 2.75) is 70.8 Å². The Hall–Kier alpha value is -2.08. The van der Waals surface area contributed by atoms with Crippen LogP contribution < -0.4 is 4.74 Å². The molecular formula is C24H29F3N2O. The van der Waals surface area contributed by atoms with Crippen LogP contribution in [0.4, 0.5) is 13.2 Å². The van der Waals surface area contributed by atoms with Gasteiger partial charge in [0.2, 0.25) is 0 Å². The van der Waals surface area contributed by atoms with Crippen LogP contribution in [0.5, 0.6) is 5.75 Å². The van der Waals surface area contributed by atoms with Gasteiger partial charge in [-0.2, -0.15) is 13.2 Å². The van der Waals surface area contributed by atoms with E-state index in [1.54, 1.807) is 0 Å². The number of likely N-dealkylation sites (tertiary alicyclic amines) is 1. The van der Waals surface area contributed by atoms with Crippen molar-refractivity contribution >= 4 is 0 Å². The van der Waals surface area contributed by atoms with Crippen molar-refractivity contribution in [2.24, 2.45) is 5.41 Å². The Labute approximate surface area is 176 Å². The summed E-state index contributed by atoms with van der Waals surface area (Å²) in [7, 11) is 0. The summed E-state index contributed by atoms with van der Waals surface area (Å²) >= 11 is 0. The molecule has 1 aliphatic heterocycles. The van der Waals surface area contributed by atoms with Gasteiger partial charge in [0.1, 0.15) is 5.75 Å². The van der Waals surface area contributed by atoms with Crippen LogP contribution in [0.2, 0.25) is 0 Å². The van der Waals surface area contributed by atoms with Crippen LogP contribution in [-0.4, -0.2) is 34.6 Å². The maximum Gasteiger partial charge on any atom is 0.417 e. The molecule has 162 valence electrons. The first-order chi connectivity index (χ1) is 14.2. The zero-order valence-corrected chi connectivity index (χ0v) is 17.7. The van der Waals surface area contributed by atoms with Crippen molar-refractivity contribution in [2.75, 3.05) is 6.54 Å². The van der Waals surface area contributed by atoms with E-state index in [2.05, 4.69) is 30.7 Å². The predicted octanol–water partition coefficient (Wildman–Crippen LogP) is 6.19. The normalized spacial score (nSPS) is 27.3. The molecule has 2 aliphatic rings. The third-order valence-corrected chi connectivity index (χ3v) is 6.81. The molecule has 1 aromatic heterocycles. The minimum absolute atomic E-state index is 0.202. The van der Waals surface area contributed by atoms with Crippen LogP contribution in [0, 0.1) is 5.41 Å². The van der Waals surface area contributed by atoms with Crippen LogP contribution >= 0.6 is 0 Å². The molecule has 30 heavy (non-hydrogen) atoms. The lowest BCUT2D eigenvalue weighted by Gasteiger charge is -2.43. The van der Waals surface area contributed by atoms with Gasteiger partial charge in [0.05, 0.1) is 17.4 Å². The predicted molar refractivity (Wildman–Crippen MR) is 111 cm³/mol. The maximum atomic E-state index is 12.7. The molecule has 2 aromatic rings. The zero-order valence-electron chi connectivity index (χ0n) is 17.7. The van der Waals surface area contributed by atoms with Crippen molar-refractivity contribution in [1.29, 1.82) is 0 Å². The summed E-state index contributed by atoms with van der Waals surface area (Å²) in [4.78, 5) is 6.60. The smallest absolute Gasteiger partial charge is 0.417 e. The fourth-order valence-corrected chi connectivity index (χ4v) is 5.17. The van der Waals surface area contributed by atoms with Crippen LogP contribution in [0.1, 0.15) is 52.0 Å². The number of pyridine rings is 1. The maximum absolute atomic E-state index is 12.7. The molecule has 1 aliphatic carbocycles. The van der Waals surface area contributed by atoms with Crippen LogP contribution in [-0.2, 0) is 6.18 Å². The molecular weight excluding hydrogens is 389 g/mol. The van der Waals surface area contributed by atoms with E-state index in [-0.39, 0.29) is 6.10 Å². The molecule has 0 bridgehead atoms. The second-order valence-corrected chi connectivity index (χ2v) is 9.23. The van der Waals surface area contributed by atoms with E-state index in [0.29, 0.717) is 23.2 Å². The molecule has 1 aromatic carbocycles. The van der Waals surface area contributed by atoms with E-state index in [0.717, 1.165) is 42.8 Å². The largest absolute Gasteiger partial charge is 0.490 e. The minimum atomic E-state index is -4.37. The Kier molecular flexibility index (Phi) is 5.56. The molecule has 0 amide bonds. The fourth-order valence-electron chi connectivity index (χ4n) is 5.17. The molecule has 3 unspecified atom stereocenters. The number of alkyl halides is 3. The molecule has 1 saturated heterocycles. The third-order valence-electron chi connectivity index (χ3n) is 6.81. The lowest BCUT2D eigenvalue weighted by atomic mass is 9.70. The number of aromatic nitrogens is 1. The Morgan fingerprint density at radius 2 is 1.83 bits per heavy atom. The second-order valence-electron chi connectivity index (χ2n) is 9.23. The van der Waals surface area contributed by atoms with Gasteiger partial charge in [-0.15, -0.1) is 0 Å². The van der Waals surface area contributed by atoms with Crippen LogP contribution in [0.25, 0.3) is 11.3 Å². The number of hydrogen-bond acceptors (Lipinski definition) is 3. The number of hydrogen-bond donors (Lipinski definition) is 0. The lowest BCUT2D eigenvalue weighted by molar-refractivity contribution is -0.137. The minimum Gasteiger partial charge on any atom is -0.490 e. The Bertz CT molecular complexity index is 864. The summed E-state index contributed by atoms with van der Waals surface area (Å²) in [5, 5.41) is 0. The Morgan fingerprint density at radius 1 is 1.10 bits per heavy atom. The summed E-state index contributed by atoms with van der Waals surface area (Å²) < 4.78 is 44.4. The molecule has 2 fully saturated rings. The summed E-state index contributed by atoms with van der Waals surface area (Å²) in [6, 6.07) is 11.2. The van der Waals surface area contributed by atoms with Gasteiger partial charge in [0.25, 0.3) is 0 Å². The average molecular weight is 419 g/mol. The molecule has 6 heteroatoms. The molecule has 0 radical (unpaired) electrons. The number of fused-ring (bicyclic) bond motifs is 1. The Morgan fingerprint density at radius 3 is 2.43 bits per heavy atom. The third kappa shape index (κ3) is 4.20. The van der Waals surface area contributed by atoms with Crippen molar-refractivity contribution in [1.82, 2.24) is 9.88 Å².